The van der Waals surface area contributed by atoms with E-state index in [1.54, 1.807) is 0 Å². The average Bonchev–Trinajstić information content (AvgIpc) is 2.79. The lowest BCUT2D eigenvalue weighted by atomic mass is 9.80. The SMILES string of the molecule is CCCCC1CCC(C#Cc2ccc(-c3cc(F)c(N=C=S)c(F)c3)cc2CC)CC1. The highest BCUT2D eigenvalue weighted by Gasteiger charge is 2.19. The predicted octanol–water partition coefficient (Wildman–Crippen LogP) is 8.28. The first-order valence-corrected chi connectivity index (χ1v) is 11.7. The Morgan fingerprint density at radius 1 is 1.00 bits per heavy atom. The lowest BCUT2D eigenvalue weighted by molar-refractivity contribution is 0.296. The molecule has 0 aliphatic heterocycles. The van der Waals surface area contributed by atoms with Crippen LogP contribution < -0.4 is 0 Å². The van der Waals surface area contributed by atoms with E-state index in [1.165, 1.54) is 57.1 Å². The summed E-state index contributed by atoms with van der Waals surface area (Å²) in [4.78, 5) is 3.47. The summed E-state index contributed by atoms with van der Waals surface area (Å²) in [6.45, 7) is 4.33. The van der Waals surface area contributed by atoms with Crippen LogP contribution in [0.1, 0.15) is 69.9 Å². The van der Waals surface area contributed by atoms with E-state index in [-0.39, 0.29) is 0 Å². The fourth-order valence-electron chi connectivity index (χ4n) is 4.34. The molecule has 0 amide bonds. The summed E-state index contributed by atoms with van der Waals surface area (Å²) in [7, 11) is 0. The van der Waals surface area contributed by atoms with Crippen LogP contribution in [-0.2, 0) is 6.42 Å². The maximum Gasteiger partial charge on any atom is 0.153 e. The Kier molecular flexibility index (Phi) is 8.52. The van der Waals surface area contributed by atoms with Crippen LogP contribution in [-0.4, -0.2) is 5.16 Å². The van der Waals surface area contributed by atoms with Gasteiger partial charge in [-0.1, -0.05) is 51.0 Å². The molecule has 1 aliphatic rings. The van der Waals surface area contributed by atoms with E-state index in [0.29, 0.717) is 11.5 Å². The van der Waals surface area contributed by atoms with Crippen molar-refractivity contribution in [2.75, 3.05) is 0 Å². The third kappa shape index (κ3) is 6.10. The van der Waals surface area contributed by atoms with Crippen LogP contribution in [0.2, 0.25) is 0 Å². The van der Waals surface area contributed by atoms with Crippen LogP contribution >= 0.6 is 12.2 Å². The van der Waals surface area contributed by atoms with Crippen molar-refractivity contribution in [3.8, 4) is 23.0 Å². The van der Waals surface area contributed by atoms with E-state index in [4.69, 9.17) is 0 Å². The molecule has 2 aromatic carbocycles. The van der Waals surface area contributed by atoms with Crippen molar-refractivity contribution in [3.05, 3.63) is 53.1 Å². The maximum absolute atomic E-state index is 14.2. The number of unbranched alkanes of at least 4 members (excludes halogenated alkanes) is 1. The maximum atomic E-state index is 14.2. The molecule has 0 spiro atoms. The molecule has 31 heavy (non-hydrogen) atoms. The number of rotatable bonds is 6. The molecule has 1 aliphatic carbocycles. The molecule has 4 heteroatoms. The molecule has 0 aromatic heterocycles. The van der Waals surface area contributed by atoms with Crippen LogP contribution in [0.4, 0.5) is 14.5 Å². The number of thiocarbonyl (C=S) groups is 1. The smallest absolute Gasteiger partial charge is 0.153 e. The first kappa shape index (κ1) is 23.3. The molecule has 0 atom stereocenters. The Balaban J connectivity index is 1.76. The number of hydrogen-bond acceptors (Lipinski definition) is 2. The second-order valence-electron chi connectivity index (χ2n) is 8.35. The van der Waals surface area contributed by atoms with E-state index < -0.39 is 17.3 Å². The van der Waals surface area contributed by atoms with E-state index in [9.17, 15) is 8.78 Å². The van der Waals surface area contributed by atoms with Crippen molar-refractivity contribution in [1.29, 1.82) is 0 Å². The molecule has 1 fully saturated rings. The molecule has 0 radical (unpaired) electrons. The molecule has 0 unspecified atom stereocenters. The lowest BCUT2D eigenvalue weighted by Crippen LogP contribution is -2.13. The van der Waals surface area contributed by atoms with Crippen molar-refractivity contribution in [2.24, 2.45) is 16.8 Å². The molecule has 0 bridgehead atoms. The van der Waals surface area contributed by atoms with Crippen molar-refractivity contribution in [3.63, 3.8) is 0 Å². The second-order valence-corrected chi connectivity index (χ2v) is 8.53. The van der Waals surface area contributed by atoms with Crippen LogP contribution in [0.3, 0.4) is 0 Å². The van der Waals surface area contributed by atoms with Crippen molar-refractivity contribution in [2.45, 2.75) is 65.2 Å². The summed E-state index contributed by atoms with van der Waals surface area (Å²) in [6, 6.07) is 8.38. The van der Waals surface area contributed by atoms with Gasteiger partial charge in [0.15, 0.2) is 11.6 Å². The number of nitrogens with zero attached hydrogens (tertiary/aromatic N) is 1. The summed E-state index contributed by atoms with van der Waals surface area (Å²) in [5, 5.41) is 2.02. The highest BCUT2D eigenvalue weighted by molar-refractivity contribution is 7.78. The Labute approximate surface area is 190 Å². The topological polar surface area (TPSA) is 12.4 Å². The van der Waals surface area contributed by atoms with Gasteiger partial charge in [0.1, 0.15) is 5.69 Å². The first-order valence-electron chi connectivity index (χ1n) is 11.3. The molecule has 1 nitrogen and oxygen atoms in total. The second kappa shape index (κ2) is 11.3. The number of isothiocyanates is 1. The molecular weight excluding hydrogens is 408 g/mol. The Morgan fingerprint density at radius 2 is 1.71 bits per heavy atom. The van der Waals surface area contributed by atoms with Gasteiger partial charge in [0.25, 0.3) is 0 Å². The zero-order valence-electron chi connectivity index (χ0n) is 18.3. The largest absolute Gasteiger partial charge is 0.204 e. The molecule has 162 valence electrons. The van der Waals surface area contributed by atoms with Gasteiger partial charge in [-0.05, 0) is 91.2 Å². The van der Waals surface area contributed by atoms with Crippen molar-refractivity contribution < 1.29 is 8.78 Å². The highest BCUT2D eigenvalue weighted by atomic mass is 32.1. The zero-order valence-corrected chi connectivity index (χ0v) is 19.1. The number of halogens is 2. The first-order chi connectivity index (χ1) is 15.0. The number of benzene rings is 2. The quantitative estimate of drug-likeness (QED) is 0.252. The standard InChI is InChI=1S/C27H29F2NS/c1-3-5-6-19-7-9-20(10-8-19)11-12-22-13-14-23(15-21(22)4-2)24-16-25(28)27(30-18-31)26(29)17-24/h13-17,19-20H,3-10H2,1-2H3. The minimum absolute atomic E-state index is 0.402. The Hall–Kier alpha value is -2.34. The van der Waals surface area contributed by atoms with Gasteiger partial charge in [-0.15, -0.1) is 0 Å². The van der Waals surface area contributed by atoms with Gasteiger partial charge in [0.05, 0.1) is 5.16 Å². The van der Waals surface area contributed by atoms with Crippen LogP contribution in [0.15, 0.2) is 35.3 Å². The molecule has 0 saturated heterocycles. The molecule has 0 heterocycles. The van der Waals surface area contributed by atoms with Gasteiger partial charge >= 0.3 is 0 Å². The summed E-state index contributed by atoms with van der Waals surface area (Å²) in [5.74, 6) is 6.73. The molecular formula is C27H29F2NS. The van der Waals surface area contributed by atoms with Gasteiger partial charge < -0.3 is 0 Å². The van der Waals surface area contributed by atoms with Crippen LogP contribution in [0.25, 0.3) is 11.1 Å². The van der Waals surface area contributed by atoms with Crippen LogP contribution in [0, 0.1) is 35.3 Å². The molecule has 3 rings (SSSR count). The Bertz CT molecular complexity index is 996. The summed E-state index contributed by atoms with van der Waals surface area (Å²) in [5.41, 5.74) is 2.92. The zero-order chi connectivity index (χ0) is 22.2. The summed E-state index contributed by atoms with van der Waals surface area (Å²) in [6.07, 6.45) is 9.74. The fourth-order valence-corrected chi connectivity index (χ4v) is 4.43. The summed E-state index contributed by atoms with van der Waals surface area (Å²) < 4.78 is 28.5. The number of aryl methyl sites for hydroxylation is 1. The number of hydrogen-bond donors (Lipinski definition) is 0. The third-order valence-corrected chi connectivity index (χ3v) is 6.31. The molecule has 1 saturated carbocycles. The molecule has 2 aromatic rings. The summed E-state index contributed by atoms with van der Waals surface area (Å²) >= 11 is 4.46. The van der Waals surface area contributed by atoms with Gasteiger partial charge in [-0.25, -0.2) is 8.78 Å². The normalized spacial score (nSPS) is 18.1. The lowest BCUT2D eigenvalue weighted by Gasteiger charge is -2.25. The van der Waals surface area contributed by atoms with E-state index in [0.717, 1.165) is 29.0 Å². The van der Waals surface area contributed by atoms with Gasteiger partial charge in [0, 0.05) is 11.5 Å². The molecule has 0 N–H and O–H groups in total. The Morgan fingerprint density at radius 3 is 2.32 bits per heavy atom. The predicted molar refractivity (Wildman–Crippen MR) is 128 cm³/mol. The van der Waals surface area contributed by atoms with E-state index >= 15 is 0 Å². The number of aliphatic imine (C=N–C) groups is 1. The van der Waals surface area contributed by atoms with E-state index in [2.05, 4.69) is 42.9 Å². The monoisotopic (exact) mass is 437 g/mol. The fraction of sp³-hybridized carbons (Fsp3) is 0.444. The van der Waals surface area contributed by atoms with E-state index in [1.807, 2.05) is 23.4 Å². The van der Waals surface area contributed by atoms with Crippen molar-refractivity contribution in [1.82, 2.24) is 0 Å². The van der Waals surface area contributed by atoms with Crippen LogP contribution in [0.5, 0.6) is 0 Å². The minimum Gasteiger partial charge on any atom is -0.204 e. The minimum atomic E-state index is -0.746. The van der Waals surface area contributed by atoms with Crippen molar-refractivity contribution >= 4 is 23.1 Å². The van der Waals surface area contributed by atoms with Gasteiger partial charge in [-0.2, -0.15) is 4.99 Å². The highest BCUT2D eigenvalue weighted by Crippen LogP contribution is 2.32. The van der Waals surface area contributed by atoms with Gasteiger partial charge in [0.2, 0.25) is 0 Å². The average molecular weight is 438 g/mol. The van der Waals surface area contributed by atoms with Gasteiger partial charge in [-0.3, -0.25) is 0 Å². The third-order valence-electron chi connectivity index (χ3n) is 6.22.